The van der Waals surface area contributed by atoms with Crippen LogP contribution in [0.1, 0.15) is 13.3 Å². The van der Waals surface area contributed by atoms with Crippen molar-refractivity contribution in [3.8, 4) is 0 Å². The molecular weight excluding hydrogens is 210 g/mol. The zero-order chi connectivity index (χ0) is 11.5. The molecule has 0 aromatic carbocycles. The topological polar surface area (TPSA) is 59.0 Å². The highest BCUT2D eigenvalue weighted by atomic mass is 16.6. The summed E-state index contributed by atoms with van der Waals surface area (Å²) in [7, 11) is 0. The van der Waals surface area contributed by atoms with Crippen LogP contribution in [0.2, 0.25) is 0 Å². The molecule has 2 rings (SSSR count). The van der Waals surface area contributed by atoms with Crippen LogP contribution in [0.25, 0.3) is 0 Å². The molecule has 1 saturated heterocycles. The monoisotopic (exact) mass is 227 g/mol. The minimum absolute atomic E-state index is 0.00104. The van der Waals surface area contributed by atoms with Crippen molar-refractivity contribution < 1.29 is 19.4 Å². The summed E-state index contributed by atoms with van der Waals surface area (Å²) in [6.45, 7) is 3.61. The van der Waals surface area contributed by atoms with Gasteiger partial charge >= 0.3 is 0 Å². The fraction of sp³-hybridized carbons (Fsp3) is 0.727. The van der Waals surface area contributed by atoms with Gasteiger partial charge in [-0.05, 0) is 12.3 Å². The zero-order valence-electron chi connectivity index (χ0n) is 9.39. The smallest absolute Gasteiger partial charge is 0.292 e. The molecule has 2 aliphatic heterocycles. The van der Waals surface area contributed by atoms with E-state index in [2.05, 4.69) is 0 Å². The van der Waals surface area contributed by atoms with Gasteiger partial charge in [0.1, 0.15) is 19.5 Å². The number of amides is 1. The summed E-state index contributed by atoms with van der Waals surface area (Å²) in [5, 5.41) is 9.27. The van der Waals surface area contributed by atoms with Gasteiger partial charge in [0.15, 0.2) is 0 Å². The van der Waals surface area contributed by atoms with Gasteiger partial charge < -0.3 is 19.5 Å². The number of carbonyl (C=O) groups excluding carboxylic acids is 1. The summed E-state index contributed by atoms with van der Waals surface area (Å²) >= 11 is 0. The molecule has 0 spiro atoms. The molecule has 2 heterocycles. The lowest BCUT2D eigenvalue weighted by Crippen LogP contribution is -2.41. The quantitative estimate of drug-likeness (QED) is 0.727. The molecule has 0 aromatic heterocycles. The largest absolute Gasteiger partial charge is 0.494 e. The van der Waals surface area contributed by atoms with E-state index in [0.717, 1.165) is 6.42 Å². The Balaban J connectivity index is 2.06. The molecule has 5 nitrogen and oxygen atoms in total. The number of ether oxygens (including phenoxy) is 2. The van der Waals surface area contributed by atoms with Gasteiger partial charge in [0.2, 0.25) is 5.76 Å². The van der Waals surface area contributed by atoms with Crippen LogP contribution >= 0.6 is 0 Å². The Labute approximate surface area is 94.6 Å². The summed E-state index contributed by atoms with van der Waals surface area (Å²) in [4.78, 5) is 13.7. The van der Waals surface area contributed by atoms with Crippen LogP contribution in [0.4, 0.5) is 0 Å². The predicted octanol–water partition coefficient (Wildman–Crippen LogP) is 0.104. The van der Waals surface area contributed by atoms with Gasteiger partial charge in [0.05, 0.1) is 12.6 Å². The molecule has 90 valence electrons. The maximum atomic E-state index is 12.1. The third-order valence-corrected chi connectivity index (χ3v) is 3.19. The number of carbonyl (C=O) groups is 1. The number of hydrogen-bond donors (Lipinski definition) is 1. The van der Waals surface area contributed by atoms with E-state index in [9.17, 15) is 9.90 Å². The van der Waals surface area contributed by atoms with Crippen LogP contribution in [0.15, 0.2) is 12.0 Å². The van der Waals surface area contributed by atoms with Crippen molar-refractivity contribution in [1.82, 2.24) is 4.90 Å². The number of aliphatic hydroxyl groups is 1. The van der Waals surface area contributed by atoms with E-state index in [1.807, 2.05) is 6.92 Å². The molecule has 0 aromatic rings. The maximum absolute atomic E-state index is 12.1. The van der Waals surface area contributed by atoms with Crippen molar-refractivity contribution in [3.63, 3.8) is 0 Å². The minimum Gasteiger partial charge on any atom is -0.494 e. The first-order chi connectivity index (χ1) is 7.74. The van der Waals surface area contributed by atoms with Crippen LogP contribution in [-0.2, 0) is 14.3 Å². The molecule has 1 fully saturated rings. The van der Waals surface area contributed by atoms with E-state index in [1.54, 1.807) is 4.90 Å². The maximum Gasteiger partial charge on any atom is 0.292 e. The Hall–Kier alpha value is -1.23. The van der Waals surface area contributed by atoms with Crippen molar-refractivity contribution in [2.75, 3.05) is 26.4 Å². The van der Waals surface area contributed by atoms with E-state index in [-0.39, 0.29) is 24.3 Å². The predicted molar refractivity (Wildman–Crippen MR) is 56.4 cm³/mol. The van der Waals surface area contributed by atoms with E-state index in [1.165, 1.54) is 6.26 Å². The summed E-state index contributed by atoms with van der Waals surface area (Å²) in [6.07, 6.45) is 2.29. The molecule has 2 unspecified atom stereocenters. The first kappa shape index (κ1) is 11.3. The lowest BCUT2D eigenvalue weighted by molar-refractivity contribution is -0.134. The Morgan fingerprint density at radius 1 is 1.62 bits per heavy atom. The molecule has 1 N–H and O–H groups in total. The van der Waals surface area contributed by atoms with E-state index in [0.29, 0.717) is 25.7 Å². The molecule has 0 bridgehead atoms. The normalized spacial score (nSPS) is 29.4. The van der Waals surface area contributed by atoms with E-state index >= 15 is 0 Å². The first-order valence-electron chi connectivity index (χ1n) is 5.60. The second kappa shape index (κ2) is 4.74. The van der Waals surface area contributed by atoms with E-state index < -0.39 is 0 Å². The van der Waals surface area contributed by atoms with Crippen LogP contribution in [0.3, 0.4) is 0 Å². The third-order valence-electron chi connectivity index (χ3n) is 3.19. The summed E-state index contributed by atoms with van der Waals surface area (Å²) in [5.41, 5.74) is 0. The van der Waals surface area contributed by atoms with Crippen molar-refractivity contribution in [3.05, 3.63) is 12.0 Å². The standard InChI is InChI=1S/C11H17NO4/c1-8-2-3-12(9(8)6-13)11(14)10-7-15-4-5-16-10/h7-9,13H,2-6H2,1H3. The third kappa shape index (κ3) is 2.00. The number of rotatable bonds is 2. The van der Waals surface area contributed by atoms with E-state index in [4.69, 9.17) is 9.47 Å². The first-order valence-corrected chi connectivity index (χ1v) is 5.60. The summed E-state index contributed by atoms with van der Waals surface area (Å²) < 4.78 is 10.3. The van der Waals surface area contributed by atoms with Crippen LogP contribution in [0, 0.1) is 5.92 Å². The Bertz CT molecular complexity index is 302. The number of nitrogens with zero attached hydrogens (tertiary/aromatic N) is 1. The van der Waals surface area contributed by atoms with Crippen LogP contribution < -0.4 is 0 Å². The molecule has 0 radical (unpaired) electrons. The van der Waals surface area contributed by atoms with Crippen molar-refractivity contribution in [2.24, 2.45) is 5.92 Å². The molecule has 16 heavy (non-hydrogen) atoms. The van der Waals surface area contributed by atoms with Gasteiger partial charge in [0.25, 0.3) is 5.91 Å². The second-order valence-electron chi connectivity index (χ2n) is 4.22. The number of hydrogen-bond acceptors (Lipinski definition) is 4. The van der Waals surface area contributed by atoms with Gasteiger partial charge in [-0.25, -0.2) is 0 Å². The second-order valence-corrected chi connectivity index (χ2v) is 4.22. The number of aliphatic hydroxyl groups excluding tert-OH is 1. The molecular formula is C11H17NO4. The van der Waals surface area contributed by atoms with Crippen molar-refractivity contribution in [1.29, 1.82) is 0 Å². The highest BCUT2D eigenvalue weighted by molar-refractivity contribution is 5.91. The zero-order valence-corrected chi connectivity index (χ0v) is 9.39. The highest BCUT2D eigenvalue weighted by Gasteiger charge is 2.36. The average Bonchev–Trinajstić information content (AvgIpc) is 2.70. The van der Waals surface area contributed by atoms with Crippen molar-refractivity contribution in [2.45, 2.75) is 19.4 Å². The molecule has 0 saturated carbocycles. The summed E-state index contributed by atoms with van der Waals surface area (Å²) in [5.74, 6) is 0.404. The van der Waals surface area contributed by atoms with Crippen LogP contribution in [0.5, 0.6) is 0 Å². The fourth-order valence-electron chi connectivity index (χ4n) is 2.16. The molecule has 5 heteroatoms. The Morgan fingerprint density at radius 2 is 2.44 bits per heavy atom. The fourth-order valence-corrected chi connectivity index (χ4v) is 2.16. The van der Waals surface area contributed by atoms with Gasteiger partial charge in [-0.3, -0.25) is 4.79 Å². The molecule has 0 aliphatic carbocycles. The SMILES string of the molecule is CC1CCN(C(=O)C2=COCCO2)C1CO. The van der Waals surface area contributed by atoms with Gasteiger partial charge in [-0.1, -0.05) is 6.92 Å². The molecule has 2 atom stereocenters. The molecule has 1 amide bonds. The summed E-state index contributed by atoms with van der Waals surface area (Å²) in [6, 6.07) is -0.0982. The van der Waals surface area contributed by atoms with Gasteiger partial charge in [-0.2, -0.15) is 0 Å². The Morgan fingerprint density at radius 3 is 3.06 bits per heavy atom. The lowest BCUT2D eigenvalue weighted by Gasteiger charge is -2.26. The van der Waals surface area contributed by atoms with Crippen molar-refractivity contribution >= 4 is 5.91 Å². The minimum atomic E-state index is -0.178. The van der Waals surface area contributed by atoms with Gasteiger partial charge in [-0.15, -0.1) is 0 Å². The Kier molecular flexibility index (Phi) is 3.33. The average molecular weight is 227 g/mol. The van der Waals surface area contributed by atoms with Gasteiger partial charge in [0, 0.05) is 6.54 Å². The van der Waals surface area contributed by atoms with Crippen LogP contribution in [-0.4, -0.2) is 48.3 Å². The highest BCUT2D eigenvalue weighted by Crippen LogP contribution is 2.25. The molecule has 2 aliphatic rings. The lowest BCUT2D eigenvalue weighted by atomic mass is 10.0. The number of likely N-dealkylation sites (tertiary alicyclic amines) is 1.